The Morgan fingerprint density at radius 1 is 1.14 bits per heavy atom. The molecule has 0 aliphatic heterocycles. The monoisotopic (exact) mass is 248 g/mol. The van der Waals surface area contributed by atoms with Gasteiger partial charge in [-0.1, -0.05) is 0 Å². The maximum absolute atomic E-state index is 8.88. The molecule has 0 saturated carbocycles. The van der Waals surface area contributed by atoms with Crippen molar-refractivity contribution in [1.82, 2.24) is 0 Å². The smallest absolute Gasteiger partial charge is 0 e. The molecule has 0 atom stereocenters. The Hall–Kier alpha value is 2.54. The third kappa shape index (κ3) is 56.6. The van der Waals surface area contributed by atoms with Crippen LogP contribution in [0.4, 0.5) is 0 Å². The molecule has 0 aromatic heterocycles. The van der Waals surface area contributed by atoms with Crippen molar-refractivity contribution in [2.45, 2.75) is 0 Å². The van der Waals surface area contributed by atoms with Gasteiger partial charge in [0.05, 0.1) is 0 Å². The van der Waals surface area contributed by atoms with Crippen molar-refractivity contribution < 1.29 is 38.7 Å². The van der Waals surface area contributed by atoms with Gasteiger partial charge in [0.1, 0.15) is 0 Å². The molecule has 0 rings (SSSR count). The van der Waals surface area contributed by atoms with E-state index in [1.165, 1.54) is 0 Å². The Morgan fingerprint density at radius 2 is 1.14 bits per heavy atom. The zero-order valence-electron chi connectivity index (χ0n) is 2.90. The predicted molar refractivity (Wildman–Crippen MR) is 21.4 cm³/mol. The first-order valence-corrected chi connectivity index (χ1v) is 2.35. The average Bonchev–Trinajstić information content (AvgIpc) is 0.722. The summed E-state index contributed by atoms with van der Waals surface area (Å²) in [5, 5.41) is 0. The minimum atomic E-state index is -4.64. The first-order valence-electron chi connectivity index (χ1n) is 0.783. The van der Waals surface area contributed by atoms with Gasteiger partial charge in [0, 0.05) is 19.5 Å². The third-order valence-electron chi connectivity index (χ3n) is 0. The van der Waals surface area contributed by atoms with E-state index >= 15 is 0 Å². The summed E-state index contributed by atoms with van der Waals surface area (Å²) in [6.45, 7) is 0. The molecule has 0 saturated heterocycles. The summed E-state index contributed by atoms with van der Waals surface area (Å²) in [5.74, 6) is 0. The summed E-state index contributed by atoms with van der Waals surface area (Å²) in [6, 6.07) is 0. The quantitative estimate of drug-likeness (QED) is 0.358. The molecule has 0 bridgehead atoms. The van der Waals surface area contributed by atoms with Crippen LogP contribution in [0.1, 0.15) is 0 Å². The first-order chi connectivity index (χ1) is 2.00. The van der Waals surface area contributed by atoms with Gasteiger partial charge in [-0.2, -0.15) is 0 Å². The summed E-state index contributed by atoms with van der Waals surface area (Å²) >= 11 is 0. The molecular formula is H4O4PRbZn. The Bertz CT molecular complexity index is 57.8. The van der Waals surface area contributed by atoms with Crippen molar-refractivity contribution in [1.29, 1.82) is 0 Å². The zero-order chi connectivity index (χ0) is 4.50. The molecule has 4 nitrogen and oxygen atoms in total. The van der Waals surface area contributed by atoms with Crippen molar-refractivity contribution in [3.63, 3.8) is 0 Å². The first kappa shape index (κ1) is 16.3. The SMILES string of the molecule is O=P(O)(O)O.[RbH].[Zn]. The maximum Gasteiger partial charge on any atom is 0 e. The summed E-state index contributed by atoms with van der Waals surface area (Å²) < 4.78 is 8.88. The number of phosphoric acid groups is 1. The standard InChI is InChI=1S/H3O4P.Rb.Zn.H/c1-5(2,3)4;;;/h(H3,1,2,3,4);;;. The average molecular weight is 250 g/mol. The number of rotatable bonds is 0. The molecule has 0 radical (unpaired) electrons. The van der Waals surface area contributed by atoms with Gasteiger partial charge in [-0.3, -0.25) is 0 Å². The van der Waals surface area contributed by atoms with Gasteiger partial charge in [0.15, 0.2) is 0 Å². The van der Waals surface area contributed by atoms with Crippen molar-refractivity contribution in [2.75, 3.05) is 0 Å². The third-order valence-corrected chi connectivity index (χ3v) is 0. The molecule has 0 unspecified atom stereocenters. The maximum atomic E-state index is 8.88. The molecule has 3 N–H and O–H groups in total. The van der Waals surface area contributed by atoms with E-state index in [4.69, 9.17) is 19.2 Å². The van der Waals surface area contributed by atoms with Crippen LogP contribution in [0.2, 0.25) is 0 Å². The second kappa shape index (κ2) is 6.66. The van der Waals surface area contributed by atoms with Gasteiger partial charge in [-0.05, 0) is 0 Å². The Kier molecular flexibility index (Phi) is 15.5. The minimum absolute atomic E-state index is 0. The van der Waals surface area contributed by atoms with Crippen LogP contribution >= 0.6 is 7.82 Å². The van der Waals surface area contributed by atoms with Crippen LogP contribution in [0, 0.1) is 0 Å². The molecule has 0 spiro atoms. The molecule has 7 heavy (non-hydrogen) atoms. The van der Waals surface area contributed by atoms with Crippen molar-refractivity contribution in [3.8, 4) is 0 Å². The molecular weight excluding hydrogens is 246 g/mol. The second-order valence-electron chi connectivity index (χ2n) is 0.513. The van der Waals surface area contributed by atoms with E-state index in [2.05, 4.69) is 0 Å². The summed E-state index contributed by atoms with van der Waals surface area (Å²) in [7, 11) is -4.64. The Balaban J connectivity index is -0.0000000800. The van der Waals surface area contributed by atoms with Gasteiger partial charge in [0.2, 0.25) is 0 Å². The number of hydrogen-bond acceptors (Lipinski definition) is 1. The fraction of sp³-hybridized carbons (Fsp3) is 0. The Labute approximate surface area is 102 Å². The van der Waals surface area contributed by atoms with E-state index in [9.17, 15) is 0 Å². The van der Waals surface area contributed by atoms with Crippen LogP contribution in [0.3, 0.4) is 0 Å². The summed E-state index contributed by atoms with van der Waals surface area (Å²) in [5.41, 5.74) is 0. The van der Waals surface area contributed by atoms with E-state index in [0.29, 0.717) is 0 Å². The minimum Gasteiger partial charge on any atom is 0 e. The van der Waals surface area contributed by atoms with Crippen LogP contribution in [-0.4, -0.2) is 72.9 Å². The van der Waals surface area contributed by atoms with Crippen LogP contribution < -0.4 is 0 Å². The number of hydrogen-bond donors (Lipinski definition) is 3. The molecule has 0 aliphatic carbocycles. The molecule has 0 aromatic carbocycles. The molecule has 0 fully saturated rings. The second-order valence-corrected chi connectivity index (χ2v) is 1.54. The van der Waals surface area contributed by atoms with Gasteiger partial charge in [-0.15, -0.1) is 0 Å². The van der Waals surface area contributed by atoms with Crippen molar-refractivity contribution >= 4 is 66.0 Å². The van der Waals surface area contributed by atoms with Crippen LogP contribution in [-0.2, 0) is 24.0 Å². The predicted octanol–water partition coefficient (Wildman–Crippen LogP) is -1.58. The summed E-state index contributed by atoms with van der Waals surface area (Å²) in [6.07, 6.45) is 0. The van der Waals surface area contributed by atoms with E-state index in [-0.39, 0.29) is 77.7 Å². The van der Waals surface area contributed by atoms with Crippen molar-refractivity contribution in [3.05, 3.63) is 0 Å². The zero-order valence-corrected chi connectivity index (χ0v) is 6.77. The fourth-order valence-electron chi connectivity index (χ4n) is 0. The topological polar surface area (TPSA) is 77.8 Å². The molecule has 36 valence electrons. The molecule has 0 aromatic rings. The van der Waals surface area contributed by atoms with E-state index in [1.807, 2.05) is 0 Å². The molecule has 7 heteroatoms. The summed E-state index contributed by atoms with van der Waals surface area (Å²) in [4.78, 5) is 21.6. The van der Waals surface area contributed by atoms with Crippen LogP contribution in [0.5, 0.6) is 0 Å². The van der Waals surface area contributed by atoms with Crippen LogP contribution in [0.15, 0.2) is 0 Å². The van der Waals surface area contributed by atoms with Gasteiger partial charge in [-0.25, -0.2) is 4.57 Å². The van der Waals surface area contributed by atoms with E-state index < -0.39 is 7.82 Å². The van der Waals surface area contributed by atoms with Gasteiger partial charge < -0.3 is 14.7 Å². The Morgan fingerprint density at radius 3 is 1.14 bits per heavy atom. The van der Waals surface area contributed by atoms with E-state index in [1.54, 1.807) is 0 Å². The molecule has 0 heterocycles. The van der Waals surface area contributed by atoms with Crippen LogP contribution in [0.25, 0.3) is 0 Å². The molecule has 0 amide bonds. The largest absolute Gasteiger partial charge is 0 e. The van der Waals surface area contributed by atoms with Crippen molar-refractivity contribution in [2.24, 2.45) is 0 Å². The van der Waals surface area contributed by atoms with Gasteiger partial charge >= 0.3 is 66.0 Å². The van der Waals surface area contributed by atoms with Gasteiger partial charge in [0.25, 0.3) is 0 Å². The normalized spacial score (nSPS) is 8.43. The molecule has 0 aliphatic rings. The fourth-order valence-corrected chi connectivity index (χ4v) is 0. The van der Waals surface area contributed by atoms with E-state index in [0.717, 1.165) is 0 Å².